The van der Waals surface area contributed by atoms with Crippen LogP contribution in [0, 0.1) is 0 Å². The summed E-state index contributed by atoms with van der Waals surface area (Å²) < 4.78 is 28.1. The van der Waals surface area contributed by atoms with E-state index in [2.05, 4.69) is 4.98 Å². The average Bonchev–Trinajstić information content (AvgIpc) is 2.65. The van der Waals surface area contributed by atoms with Crippen LogP contribution in [0.15, 0.2) is 10.6 Å². The zero-order chi connectivity index (χ0) is 12.5. The summed E-state index contributed by atoms with van der Waals surface area (Å²) >= 11 is 0. The van der Waals surface area contributed by atoms with Gasteiger partial charge in [0.15, 0.2) is 5.89 Å². The molecule has 96 valence electrons. The summed E-state index contributed by atoms with van der Waals surface area (Å²) in [5, 5.41) is 9.23. The molecule has 1 saturated heterocycles. The maximum Gasteiger partial charge on any atom is 0.197 e. The summed E-state index contributed by atoms with van der Waals surface area (Å²) in [6, 6.07) is 0. The number of sulfone groups is 1. The lowest BCUT2D eigenvalue weighted by atomic mass is 10.0. The van der Waals surface area contributed by atoms with Gasteiger partial charge in [-0.2, -0.15) is 0 Å². The summed E-state index contributed by atoms with van der Waals surface area (Å²) in [4.78, 5) is 4.17. The van der Waals surface area contributed by atoms with Gasteiger partial charge in [-0.05, 0) is 19.8 Å². The maximum absolute atomic E-state index is 11.3. The summed E-state index contributed by atoms with van der Waals surface area (Å²) in [5.74, 6) is 1.79. The van der Waals surface area contributed by atoms with E-state index in [9.17, 15) is 13.5 Å². The number of oxazole rings is 1. The highest BCUT2D eigenvalue weighted by molar-refractivity contribution is 7.91. The highest BCUT2D eigenvalue weighted by Gasteiger charge is 2.27. The summed E-state index contributed by atoms with van der Waals surface area (Å²) in [6.07, 6.45) is 2.76. The Morgan fingerprint density at radius 1 is 1.53 bits per heavy atom. The number of hydrogen-bond acceptors (Lipinski definition) is 5. The SMILES string of the molecule is CC(O)Cc1cnc(C2CCS(=O)(=O)CC2)o1. The molecule has 1 N–H and O–H groups in total. The van der Waals surface area contributed by atoms with Gasteiger partial charge in [-0.25, -0.2) is 13.4 Å². The normalized spacial score (nSPS) is 22.5. The van der Waals surface area contributed by atoms with Crippen LogP contribution in [0.5, 0.6) is 0 Å². The number of rotatable bonds is 3. The number of aromatic nitrogens is 1. The number of nitrogens with zero attached hydrogens (tertiary/aromatic N) is 1. The molecule has 6 heteroatoms. The lowest BCUT2D eigenvalue weighted by Gasteiger charge is -2.18. The van der Waals surface area contributed by atoms with E-state index in [0.29, 0.717) is 30.9 Å². The second-order valence-corrected chi connectivity index (χ2v) is 6.95. The van der Waals surface area contributed by atoms with E-state index < -0.39 is 15.9 Å². The van der Waals surface area contributed by atoms with Gasteiger partial charge in [0.1, 0.15) is 15.6 Å². The monoisotopic (exact) mass is 259 g/mol. The van der Waals surface area contributed by atoms with Crippen LogP contribution in [-0.2, 0) is 16.3 Å². The van der Waals surface area contributed by atoms with Gasteiger partial charge >= 0.3 is 0 Å². The first-order chi connectivity index (χ1) is 7.96. The van der Waals surface area contributed by atoms with E-state index in [1.165, 1.54) is 0 Å². The molecule has 0 saturated carbocycles. The Hall–Kier alpha value is -0.880. The van der Waals surface area contributed by atoms with Gasteiger partial charge in [-0.15, -0.1) is 0 Å². The van der Waals surface area contributed by atoms with Crippen molar-refractivity contribution in [2.45, 2.75) is 38.2 Å². The first-order valence-corrected chi connectivity index (χ1v) is 7.61. The zero-order valence-electron chi connectivity index (χ0n) is 9.80. The Morgan fingerprint density at radius 2 is 2.18 bits per heavy atom. The minimum atomic E-state index is -2.85. The van der Waals surface area contributed by atoms with E-state index in [-0.39, 0.29) is 17.4 Å². The fourth-order valence-corrected chi connectivity index (χ4v) is 3.53. The molecule has 1 aromatic heterocycles. The van der Waals surface area contributed by atoms with Crippen molar-refractivity contribution in [1.82, 2.24) is 4.98 Å². The van der Waals surface area contributed by atoms with Crippen molar-refractivity contribution in [3.63, 3.8) is 0 Å². The molecular weight excluding hydrogens is 242 g/mol. The van der Waals surface area contributed by atoms with Crippen LogP contribution < -0.4 is 0 Å². The van der Waals surface area contributed by atoms with E-state index in [1.807, 2.05) is 0 Å². The van der Waals surface area contributed by atoms with Crippen molar-refractivity contribution in [2.75, 3.05) is 11.5 Å². The molecule has 0 amide bonds. The Labute approximate surface area is 101 Å². The van der Waals surface area contributed by atoms with E-state index >= 15 is 0 Å². The number of hydrogen-bond donors (Lipinski definition) is 1. The molecule has 2 heterocycles. The Bertz CT molecular complexity index is 463. The van der Waals surface area contributed by atoms with Crippen LogP contribution in [0.25, 0.3) is 0 Å². The molecule has 0 radical (unpaired) electrons. The highest BCUT2D eigenvalue weighted by atomic mass is 32.2. The van der Waals surface area contributed by atoms with Gasteiger partial charge < -0.3 is 9.52 Å². The lowest BCUT2D eigenvalue weighted by molar-refractivity contribution is 0.186. The molecular formula is C11H17NO4S. The van der Waals surface area contributed by atoms with Crippen LogP contribution >= 0.6 is 0 Å². The third kappa shape index (κ3) is 3.29. The summed E-state index contributed by atoms with van der Waals surface area (Å²) in [6.45, 7) is 1.69. The molecule has 1 unspecified atom stereocenters. The fourth-order valence-electron chi connectivity index (χ4n) is 2.03. The molecule has 1 aliphatic rings. The summed E-state index contributed by atoms with van der Waals surface area (Å²) in [5.41, 5.74) is 0. The molecule has 0 aromatic carbocycles. The lowest BCUT2D eigenvalue weighted by Crippen LogP contribution is -2.22. The molecule has 1 fully saturated rings. The maximum atomic E-state index is 11.3. The zero-order valence-corrected chi connectivity index (χ0v) is 10.6. The van der Waals surface area contributed by atoms with Gasteiger partial charge in [0.25, 0.3) is 0 Å². The molecule has 0 aliphatic carbocycles. The smallest absolute Gasteiger partial charge is 0.197 e. The van der Waals surface area contributed by atoms with Crippen molar-refractivity contribution in [3.05, 3.63) is 17.8 Å². The van der Waals surface area contributed by atoms with E-state index in [1.54, 1.807) is 13.1 Å². The molecule has 1 aliphatic heterocycles. The van der Waals surface area contributed by atoms with Crippen LogP contribution in [-0.4, -0.2) is 36.1 Å². The Balaban J connectivity index is 2.01. The third-order valence-corrected chi connectivity index (χ3v) is 4.69. The second kappa shape index (κ2) is 4.78. The predicted molar refractivity (Wildman–Crippen MR) is 62.5 cm³/mol. The van der Waals surface area contributed by atoms with Crippen LogP contribution in [0.4, 0.5) is 0 Å². The van der Waals surface area contributed by atoms with Crippen molar-refractivity contribution in [3.8, 4) is 0 Å². The van der Waals surface area contributed by atoms with Crippen molar-refractivity contribution >= 4 is 9.84 Å². The predicted octanol–water partition coefficient (Wildman–Crippen LogP) is 0.890. The van der Waals surface area contributed by atoms with Crippen molar-refractivity contribution in [1.29, 1.82) is 0 Å². The van der Waals surface area contributed by atoms with Gasteiger partial charge in [0, 0.05) is 12.3 Å². The molecule has 0 bridgehead atoms. The van der Waals surface area contributed by atoms with Gasteiger partial charge in [-0.3, -0.25) is 0 Å². The van der Waals surface area contributed by atoms with Crippen LogP contribution in [0.2, 0.25) is 0 Å². The number of aliphatic hydroxyl groups is 1. The molecule has 1 aromatic rings. The minimum Gasteiger partial charge on any atom is -0.445 e. The Morgan fingerprint density at radius 3 is 2.76 bits per heavy atom. The summed E-state index contributed by atoms with van der Waals surface area (Å²) in [7, 11) is -2.85. The Kier molecular flexibility index (Phi) is 3.53. The topological polar surface area (TPSA) is 80.4 Å². The molecule has 2 rings (SSSR count). The van der Waals surface area contributed by atoms with E-state index in [4.69, 9.17) is 4.42 Å². The largest absolute Gasteiger partial charge is 0.445 e. The number of aliphatic hydroxyl groups excluding tert-OH is 1. The van der Waals surface area contributed by atoms with Gasteiger partial charge in [-0.1, -0.05) is 0 Å². The quantitative estimate of drug-likeness (QED) is 0.872. The van der Waals surface area contributed by atoms with Crippen LogP contribution in [0.1, 0.15) is 37.3 Å². The fraction of sp³-hybridized carbons (Fsp3) is 0.727. The molecule has 5 nitrogen and oxygen atoms in total. The molecule has 0 spiro atoms. The van der Waals surface area contributed by atoms with Crippen molar-refractivity contribution in [2.24, 2.45) is 0 Å². The van der Waals surface area contributed by atoms with E-state index in [0.717, 1.165) is 0 Å². The van der Waals surface area contributed by atoms with Gasteiger partial charge in [0.2, 0.25) is 0 Å². The minimum absolute atomic E-state index is 0.0984. The van der Waals surface area contributed by atoms with Gasteiger partial charge in [0.05, 0.1) is 23.8 Å². The van der Waals surface area contributed by atoms with Crippen LogP contribution in [0.3, 0.4) is 0 Å². The molecule has 1 atom stereocenters. The first kappa shape index (κ1) is 12.6. The highest BCUT2D eigenvalue weighted by Crippen LogP contribution is 2.28. The van der Waals surface area contributed by atoms with Crippen molar-refractivity contribution < 1.29 is 17.9 Å². The second-order valence-electron chi connectivity index (χ2n) is 4.64. The molecule has 17 heavy (non-hydrogen) atoms. The average molecular weight is 259 g/mol. The first-order valence-electron chi connectivity index (χ1n) is 5.79. The standard InChI is InChI=1S/C11H17NO4S/c1-8(13)6-10-7-12-11(16-10)9-2-4-17(14,15)5-3-9/h7-9,13H,2-6H2,1H3. The third-order valence-electron chi connectivity index (χ3n) is 2.97.